The summed E-state index contributed by atoms with van der Waals surface area (Å²) >= 11 is 1.42. The Labute approximate surface area is 110 Å². The van der Waals surface area contributed by atoms with Crippen LogP contribution in [0.4, 0.5) is 0 Å². The van der Waals surface area contributed by atoms with Crippen molar-refractivity contribution in [1.29, 1.82) is 0 Å². The average molecular weight is 258 g/mol. The van der Waals surface area contributed by atoms with Crippen molar-refractivity contribution >= 4 is 22.9 Å². The van der Waals surface area contributed by atoms with E-state index in [4.69, 9.17) is 0 Å². The van der Waals surface area contributed by atoms with E-state index in [9.17, 15) is 9.59 Å². The highest BCUT2D eigenvalue weighted by atomic mass is 32.1. The molecule has 2 aromatic rings. The molecule has 2 nitrogen and oxygen atoms in total. The summed E-state index contributed by atoms with van der Waals surface area (Å²) in [4.78, 5) is 24.7. The lowest BCUT2D eigenvalue weighted by atomic mass is 9.94. The molecule has 1 unspecified atom stereocenters. The van der Waals surface area contributed by atoms with E-state index in [1.54, 1.807) is 25.1 Å². The fourth-order valence-corrected chi connectivity index (χ4v) is 2.47. The number of ketones is 2. The van der Waals surface area contributed by atoms with Crippen LogP contribution in [0, 0.1) is 5.92 Å². The minimum atomic E-state index is -0.276. The number of hydrogen-bond donors (Lipinski definition) is 0. The van der Waals surface area contributed by atoms with E-state index >= 15 is 0 Å². The van der Waals surface area contributed by atoms with Crippen molar-refractivity contribution in [3.63, 3.8) is 0 Å². The Balaban J connectivity index is 2.02. The zero-order valence-corrected chi connectivity index (χ0v) is 10.9. The predicted octanol–water partition coefficient (Wildman–Crippen LogP) is 3.84. The van der Waals surface area contributed by atoms with Crippen LogP contribution in [0.3, 0.4) is 0 Å². The Morgan fingerprint density at radius 3 is 2.44 bits per heavy atom. The highest BCUT2D eigenvalue weighted by Crippen LogP contribution is 2.18. The lowest BCUT2D eigenvalue weighted by Crippen LogP contribution is -2.15. The number of Topliss-reactive ketones (excluding diaryl/α,β-unsaturated/α-hetero) is 2. The van der Waals surface area contributed by atoms with Gasteiger partial charge in [0.1, 0.15) is 0 Å². The van der Waals surface area contributed by atoms with E-state index in [-0.39, 0.29) is 23.9 Å². The second kappa shape index (κ2) is 5.74. The maximum absolute atomic E-state index is 12.1. The molecule has 1 aromatic carbocycles. The SMILES string of the molecule is CC(CC(=O)c1cccs1)C(=O)c1ccccc1. The van der Waals surface area contributed by atoms with Gasteiger partial charge in [-0.3, -0.25) is 9.59 Å². The summed E-state index contributed by atoms with van der Waals surface area (Å²) in [6.07, 6.45) is 0.272. The van der Waals surface area contributed by atoms with Crippen molar-refractivity contribution in [3.05, 3.63) is 58.3 Å². The molecule has 18 heavy (non-hydrogen) atoms. The minimum Gasteiger partial charge on any atom is -0.294 e. The van der Waals surface area contributed by atoms with Gasteiger partial charge in [-0.05, 0) is 11.4 Å². The maximum atomic E-state index is 12.1. The summed E-state index contributed by atoms with van der Waals surface area (Å²) < 4.78 is 0. The zero-order valence-electron chi connectivity index (χ0n) is 10.1. The van der Waals surface area contributed by atoms with Crippen molar-refractivity contribution in [1.82, 2.24) is 0 Å². The van der Waals surface area contributed by atoms with Gasteiger partial charge in [-0.2, -0.15) is 0 Å². The molecule has 0 saturated heterocycles. The van der Waals surface area contributed by atoms with Crippen LogP contribution in [0.2, 0.25) is 0 Å². The van der Waals surface area contributed by atoms with Crippen LogP contribution in [-0.4, -0.2) is 11.6 Å². The Bertz CT molecular complexity index is 529. The quantitative estimate of drug-likeness (QED) is 0.764. The van der Waals surface area contributed by atoms with E-state index in [1.807, 2.05) is 29.6 Å². The first-order valence-corrected chi connectivity index (χ1v) is 6.72. The fourth-order valence-electron chi connectivity index (χ4n) is 1.80. The first-order valence-electron chi connectivity index (χ1n) is 5.84. The van der Waals surface area contributed by atoms with Crippen molar-refractivity contribution in [3.8, 4) is 0 Å². The van der Waals surface area contributed by atoms with Gasteiger partial charge in [0.15, 0.2) is 11.6 Å². The molecule has 1 heterocycles. The van der Waals surface area contributed by atoms with E-state index in [0.29, 0.717) is 5.56 Å². The molecule has 0 bridgehead atoms. The summed E-state index contributed by atoms with van der Waals surface area (Å²) in [5, 5.41) is 1.87. The largest absolute Gasteiger partial charge is 0.294 e. The molecule has 1 atom stereocenters. The zero-order chi connectivity index (χ0) is 13.0. The summed E-state index contributed by atoms with van der Waals surface area (Å²) in [5.74, 6) is -0.204. The summed E-state index contributed by atoms with van der Waals surface area (Å²) in [5.41, 5.74) is 0.670. The normalized spacial score (nSPS) is 12.1. The monoisotopic (exact) mass is 258 g/mol. The molecule has 2 rings (SSSR count). The number of thiophene rings is 1. The second-order valence-electron chi connectivity index (χ2n) is 4.24. The van der Waals surface area contributed by atoms with Gasteiger partial charge in [0, 0.05) is 17.9 Å². The van der Waals surface area contributed by atoms with Crippen LogP contribution in [0.5, 0.6) is 0 Å². The molecule has 0 aliphatic rings. The number of hydrogen-bond acceptors (Lipinski definition) is 3. The van der Waals surface area contributed by atoms with Crippen molar-refractivity contribution in [2.24, 2.45) is 5.92 Å². The number of carbonyl (C=O) groups is 2. The average Bonchev–Trinajstić information content (AvgIpc) is 2.92. The lowest BCUT2D eigenvalue weighted by molar-refractivity contribution is 0.0865. The molecule has 0 aliphatic heterocycles. The van der Waals surface area contributed by atoms with Crippen LogP contribution < -0.4 is 0 Å². The molecule has 1 aromatic heterocycles. The van der Waals surface area contributed by atoms with Crippen molar-refractivity contribution in [2.45, 2.75) is 13.3 Å². The van der Waals surface area contributed by atoms with Crippen LogP contribution >= 0.6 is 11.3 Å². The third-order valence-electron chi connectivity index (χ3n) is 2.79. The molecule has 0 radical (unpaired) electrons. The minimum absolute atomic E-state index is 0.0282. The van der Waals surface area contributed by atoms with E-state index < -0.39 is 0 Å². The summed E-state index contributed by atoms with van der Waals surface area (Å²) in [6, 6.07) is 12.8. The standard InChI is InChI=1S/C15H14O2S/c1-11(10-13(16)14-8-5-9-18-14)15(17)12-6-3-2-4-7-12/h2-9,11H,10H2,1H3. The fraction of sp³-hybridized carbons (Fsp3) is 0.200. The van der Waals surface area contributed by atoms with Crippen molar-refractivity contribution < 1.29 is 9.59 Å². The molecular formula is C15H14O2S. The smallest absolute Gasteiger partial charge is 0.173 e. The third kappa shape index (κ3) is 2.93. The molecule has 0 aliphatic carbocycles. The Morgan fingerprint density at radius 1 is 1.11 bits per heavy atom. The molecule has 0 N–H and O–H groups in total. The molecule has 0 saturated carbocycles. The lowest BCUT2D eigenvalue weighted by Gasteiger charge is -2.08. The first kappa shape index (κ1) is 12.7. The third-order valence-corrected chi connectivity index (χ3v) is 3.70. The molecule has 92 valence electrons. The Kier molecular flexibility index (Phi) is 4.05. The highest BCUT2D eigenvalue weighted by Gasteiger charge is 2.19. The van der Waals surface area contributed by atoms with Crippen LogP contribution in [0.25, 0.3) is 0 Å². The number of benzene rings is 1. The first-order chi connectivity index (χ1) is 8.68. The summed E-state index contributed by atoms with van der Waals surface area (Å²) in [7, 11) is 0. The van der Waals surface area contributed by atoms with Gasteiger partial charge in [0.25, 0.3) is 0 Å². The Morgan fingerprint density at radius 2 is 1.83 bits per heavy atom. The highest BCUT2D eigenvalue weighted by molar-refractivity contribution is 7.12. The molecule has 3 heteroatoms. The van der Waals surface area contributed by atoms with Crippen molar-refractivity contribution in [2.75, 3.05) is 0 Å². The van der Waals surface area contributed by atoms with Gasteiger partial charge in [-0.25, -0.2) is 0 Å². The van der Waals surface area contributed by atoms with Crippen LogP contribution in [-0.2, 0) is 0 Å². The van der Waals surface area contributed by atoms with Gasteiger partial charge in [0.2, 0.25) is 0 Å². The predicted molar refractivity (Wildman–Crippen MR) is 73.2 cm³/mol. The molecule has 0 spiro atoms. The van der Waals surface area contributed by atoms with Gasteiger partial charge in [0.05, 0.1) is 4.88 Å². The van der Waals surface area contributed by atoms with Crippen LogP contribution in [0.15, 0.2) is 47.8 Å². The topological polar surface area (TPSA) is 34.1 Å². The number of carbonyl (C=O) groups excluding carboxylic acids is 2. The van der Waals surface area contributed by atoms with Gasteiger partial charge in [-0.15, -0.1) is 11.3 Å². The second-order valence-corrected chi connectivity index (χ2v) is 5.18. The molecule has 0 amide bonds. The van der Waals surface area contributed by atoms with E-state index in [2.05, 4.69) is 0 Å². The maximum Gasteiger partial charge on any atom is 0.173 e. The van der Waals surface area contributed by atoms with Gasteiger partial charge in [-0.1, -0.05) is 43.3 Å². The summed E-state index contributed by atoms with van der Waals surface area (Å²) in [6.45, 7) is 1.81. The van der Waals surface area contributed by atoms with Crippen LogP contribution in [0.1, 0.15) is 33.4 Å². The van der Waals surface area contributed by atoms with Gasteiger partial charge < -0.3 is 0 Å². The van der Waals surface area contributed by atoms with E-state index in [1.165, 1.54) is 11.3 Å². The Hall–Kier alpha value is -1.74. The molecular weight excluding hydrogens is 244 g/mol. The molecule has 0 fully saturated rings. The number of rotatable bonds is 5. The van der Waals surface area contributed by atoms with Gasteiger partial charge >= 0.3 is 0 Å². The van der Waals surface area contributed by atoms with E-state index in [0.717, 1.165) is 4.88 Å².